The maximum atomic E-state index is 12.2. The average molecular weight is 247 g/mol. The molecule has 2 N–H and O–H groups in total. The van der Waals surface area contributed by atoms with Crippen molar-refractivity contribution >= 4 is 5.91 Å². The number of benzene rings is 1. The van der Waals surface area contributed by atoms with Crippen molar-refractivity contribution in [1.29, 1.82) is 0 Å². The zero-order valence-corrected chi connectivity index (χ0v) is 11.1. The lowest BCUT2D eigenvalue weighted by atomic mass is 10.0. The molecule has 98 valence electrons. The molecule has 0 heterocycles. The number of rotatable bonds is 3. The van der Waals surface area contributed by atoms with E-state index in [1.165, 1.54) is 0 Å². The third-order valence-corrected chi connectivity index (χ3v) is 3.84. The molecule has 0 aliphatic heterocycles. The molecule has 1 amide bonds. The van der Waals surface area contributed by atoms with Crippen LogP contribution >= 0.6 is 0 Å². The highest BCUT2D eigenvalue weighted by atomic mass is 16.3. The van der Waals surface area contributed by atoms with E-state index in [4.69, 9.17) is 0 Å². The number of hydrogen-bond donors (Lipinski definition) is 2. The van der Waals surface area contributed by atoms with Gasteiger partial charge in [0.05, 0.1) is 0 Å². The van der Waals surface area contributed by atoms with Gasteiger partial charge in [-0.25, -0.2) is 0 Å². The van der Waals surface area contributed by atoms with Gasteiger partial charge in [0.15, 0.2) is 0 Å². The van der Waals surface area contributed by atoms with Crippen molar-refractivity contribution in [2.45, 2.75) is 39.2 Å². The Kier molecular flexibility index (Phi) is 4.02. The van der Waals surface area contributed by atoms with Crippen LogP contribution in [-0.2, 0) is 0 Å². The van der Waals surface area contributed by atoms with Crippen LogP contribution in [-0.4, -0.2) is 23.7 Å². The van der Waals surface area contributed by atoms with Crippen molar-refractivity contribution in [3.8, 4) is 0 Å². The molecule has 2 rings (SSSR count). The summed E-state index contributed by atoms with van der Waals surface area (Å²) < 4.78 is 0. The molecule has 1 saturated carbocycles. The van der Waals surface area contributed by atoms with Gasteiger partial charge in [0.25, 0.3) is 5.91 Å². The molecule has 0 spiro atoms. The summed E-state index contributed by atoms with van der Waals surface area (Å²) >= 11 is 0. The monoisotopic (exact) mass is 247 g/mol. The van der Waals surface area contributed by atoms with Gasteiger partial charge in [0.2, 0.25) is 0 Å². The number of aliphatic hydroxyl groups excluding tert-OH is 1. The molecule has 3 nitrogen and oxygen atoms in total. The molecular weight excluding hydrogens is 226 g/mol. The van der Waals surface area contributed by atoms with Gasteiger partial charge >= 0.3 is 0 Å². The second kappa shape index (κ2) is 5.53. The largest absolute Gasteiger partial charge is 0.396 e. The van der Waals surface area contributed by atoms with Gasteiger partial charge in [-0.2, -0.15) is 0 Å². The molecule has 1 aromatic rings. The van der Waals surface area contributed by atoms with E-state index in [9.17, 15) is 9.90 Å². The number of carbonyl (C=O) groups excluding carboxylic acids is 1. The third kappa shape index (κ3) is 2.72. The van der Waals surface area contributed by atoms with E-state index in [1.807, 2.05) is 32.0 Å². The van der Waals surface area contributed by atoms with Crippen LogP contribution in [0.25, 0.3) is 0 Å². The van der Waals surface area contributed by atoms with Gasteiger partial charge in [0, 0.05) is 24.1 Å². The lowest BCUT2D eigenvalue weighted by Crippen LogP contribution is -2.38. The van der Waals surface area contributed by atoms with Crippen molar-refractivity contribution in [2.24, 2.45) is 5.92 Å². The fraction of sp³-hybridized carbons (Fsp3) is 0.533. The van der Waals surface area contributed by atoms with E-state index in [0.717, 1.165) is 36.0 Å². The van der Waals surface area contributed by atoms with Gasteiger partial charge in [-0.05, 0) is 38.3 Å². The summed E-state index contributed by atoms with van der Waals surface area (Å²) in [5, 5.41) is 12.3. The Hall–Kier alpha value is -1.35. The van der Waals surface area contributed by atoms with Crippen molar-refractivity contribution in [3.05, 3.63) is 34.9 Å². The highest BCUT2D eigenvalue weighted by molar-refractivity contribution is 5.95. The predicted octanol–water partition coefficient (Wildman–Crippen LogP) is 2.19. The molecule has 3 heteroatoms. The first kappa shape index (κ1) is 13.1. The Morgan fingerprint density at radius 1 is 1.39 bits per heavy atom. The quantitative estimate of drug-likeness (QED) is 0.860. The molecule has 2 atom stereocenters. The first-order chi connectivity index (χ1) is 8.61. The third-order valence-electron chi connectivity index (χ3n) is 3.84. The van der Waals surface area contributed by atoms with Crippen LogP contribution in [0.3, 0.4) is 0 Å². The zero-order chi connectivity index (χ0) is 13.1. The summed E-state index contributed by atoms with van der Waals surface area (Å²) in [4.78, 5) is 12.2. The van der Waals surface area contributed by atoms with E-state index < -0.39 is 0 Å². The SMILES string of the molecule is Cc1ccc(C(=O)NC2CCCC2CO)c(C)c1. The topological polar surface area (TPSA) is 49.3 Å². The summed E-state index contributed by atoms with van der Waals surface area (Å²) in [6.45, 7) is 4.14. The Morgan fingerprint density at radius 2 is 2.17 bits per heavy atom. The molecule has 1 aromatic carbocycles. The number of nitrogens with one attached hydrogen (secondary N) is 1. The lowest BCUT2D eigenvalue weighted by molar-refractivity contribution is 0.0915. The fourth-order valence-electron chi connectivity index (χ4n) is 2.76. The number of aliphatic hydroxyl groups is 1. The Labute approximate surface area is 108 Å². The molecule has 1 aliphatic carbocycles. The first-order valence-electron chi connectivity index (χ1n) is 6.61. The van der Waals surface area contributed by atoms with Gasteiger partial charge in [-0.15, -0.1) is 0 Å². The molecular formula is C15H21NO2. The number of amides is 1. The standard InChI is InChI=1S/C15H21NO2/c1-10-6-7-13(11(2)8-10)15(18)16-14-5-3-4-12(14)9-17/h6-8,12,14,17H,3-5,9H2,1-2H3,(H,16,18). The average Bonchev–Trinajstić information content (AvgIpc) is 2.76. The predicted molar refractivity (Wildman–Crippen MR) is 71.6 cm³/mol. The van der Waals surface area contributed by atoms with Crippen LogP contribution in [0.4, 0.5) is 0 Å². The molecule has 1 aliphatic rings. The summed E-state index contributed by atoms with van der Waals surface area (Å²) in [6, 6.07) is 5.99. The van der Waals surface area contributed by atoms with E-state index in [0.29, 0.717) is 0 Å². The molecule has 18 heavy (non-hydrogen) atoms. The Balaban J connectivity index is 2.07. The van der Waals surface area contributed by atoms with Gasteiger partial charge < -0.3 is 10.4 Å². The maximum absolute atomic E-state index is 12.2. The minimum Gasteiger partial charge on any atom is -0.396 e. The Bertz CT molecular complexity index is 442. The summed E-state index contributed by atoms with van der Waals surface area (Å²) in [6.07, 6.45) is 3.07. The molecule has 1 fully saturated rings. The second-order valence-electron chi connectivity index (χ2n) is 5.27. The van der Waals surface area contributed by atoms with Crippen LogP contribution in [0.2, 0.25) is 0 Å². The Morgan fingerprint density at radius 3 is 2.83 bits per heavy atom. The van der Waals surface area contributed by atoms with Crippen molar-refractivity contribution in [1.82, 2.24) is 5.32 Å². The molecule has 0 radical (unpaired) electrons. The number of hydrogen-bond acceptors (Lipinski definition) is 2. The smallest absolute Gasteiger partial charge is 0.251 e. The zero-order valence-electron chi connectivity index (χ0n) is 11.1. The van der Waals surface area contributed by atoms with E-state index >= 15 is 0 Å². The summed E-state index contributed by atoms with van der Waals surface area (Å²) in [5.74, 6) is 0.206. The van der Waals surface area contributed by atoms with Crippen molar-refractivity contribution in [2.75, 3.05) is 6.61 Å². The first-order valence-corrected chi connectivity index (χ1v) is 6.61. The van der Waals surface area contributed by atoms with Crippen LogP contribution in [0.1, 0.15) is 40.7 Å². The van der Waals surface area contributed by atoms with Crippen LogP contribution in [0.5, 0.6) is 0 Å². The molecule has 0 bridgehead atoms. The normalized spacial score (nSPS) is 23.1. The van der Waals surface area contributed by atoms with Crippen molar-refractivity contribution < 1.29 is 9.90 Å². The fourth-order valence-corrected chi connectivity index (χ4v) is 2.76. The lowest BCUT2D eigenvalue weighted by Gasteiger charge is -2.19. The van der Waals surface area contributed by atoms with Gasteiger partial charge in [-0.3, -0.25) is 4.79 Å². The summed E-state index contributed by atoms with van der Waals surface area (Å²) in [7, 11) is 0. The highest BCUT2D eigenvalue weighted by Gasteiger charge is 2.28. The highest BCUT2D eigenvalue weighted by Crippen LogP contribution is 2.25. The van der Waals surface area contributed by atoms with E-state index in [2.05, 4.69) is 5.32 Å². The summed E-state index contributed by atoms with van der Waals surface area (Å²) in [5.41, 5.74) is 2.91. The molecule has 2 unspecified atom stereocenters. The van der Waals surface area contributed by atoms with Crippen molar-refractivity contribution in [3.63, 3.8) is 0 Å². The number of carbonyl (C=O) groups is 1. The molecule has 0 saturated heterocycles. The van der Waals surface area contributed by atoms with E-state index in [1.54, 1.807) is 0 Å². The molecule has 0 aromatic heterocycles. The van der Waals surface area contributed by atoms with Crippen LogP contribution < -0.4 is 5.32 Å². The van der Waals surface area contributed by atoms with Crippen LogP contribution in [0, 0.1) is 19.8 Å². The minimum atomic E-state index is -0.0159. The van der Waals surface area contributed by atoms with Gasteiger partial charge in [-0.1, -0.05) is 24.1 Å². The van der Waals surface area contributed by atoms with Gasteiger partial charge in [0.1, 0.15) is 0 Å². The maximum Gasteiger partial charge on any atom is 0.251 e. The van der Waals surface area contributed by atoms with Crippen LogP contribution in [0.15, 0.2) is 18.2 Å². The second-order valence-corrected chi connectivity index (χ2v) is 5.27. The van der Waals surface area contributed by atoms with E-state index in [-0.39, 0.29) is 24.5 Å². The number of aryl methyl sites for hydroxylation is 2. The minimum absolute atomic E-state index is 0.0159.